The fourth-order valence-electron chi connectivity index (χ4n) is 4.62. The second kappa shape index (κ2) is 11.2. The minimum absolute atomic E-state index is 0.0106. The van der Waals surface area contributed by atoms with Crippen LogP contribution in [0.1, 0.15) is 27.5 Å². The predicted molar refractivity (Wildman–Crippen MR) is 144 cm³/mol. The molecule has 1 aliphatic heterocycles. The van der Waals surface area contributed by atoms with Crippen molar-refractivity contribution in [1.82, 2.24) is 10.2 Å². The van der Waals surface area contributed by atoms with Gasteiger partial charge in [-0.2, -0.15) is 0 Å². The van der Waals surface area contributed by atoms with Crippen LogP contribution in [0.4, 0.5) is 17.1 Å². The highest BCUT2D eigenvalue weighted by Crippen LogP contribution is 2.26. The Morgan fingerprint density at radius 2 is 1.67 bits per heavy atom. The van der Waals surface area contributed by atoms with Crippen LogP contribution in [0.5, 0.6) is 0 Å². The van der Waals surface area contributed by atoms with E-state index in [-0.39, 0.29) is 17.6 Å². The maximum atomic E-state index is 13.0. The summed E-state index contributed by atoms with van der Waals surface area (Å²) in [5.41, 5.74) is 4.25. The van der Waals surface area contributed by atoms with Gasteiger partial charge in [-0.05, 0) is 42.8 Å². The molecule has 0 aliphatic carbocycles. The van der Waals surface area contributed by atoms with Gasteiger partial charge in [0.25, 0.3) is 11.6 Å². The number of nitrogens with one attached hydrogen (secondary N) is 1. The quantitative estimate of drug-likeness (QED) is 0.378. The van der Waals surface area contributed by atoms with Gasteiger partial charge in [-0.15, -0.1) is 0 Å². The molecule has 1 unspecified atom stereocenters. The van der Waals surface area contributed by atoms with Crippen molar-refractivity contribution < 1.29 is 9.72 Å². The number of hydrogen-bond donors (Lipinski definition) is 1. The first-order valence-electron chi connectivity index (χ1n) is 12.2. The Labute approximate surface area is 212 Å². The molecule has 0 spiro atoms. The number of nitrogens with zero attached hydrogens (tertiary/aromatic N) is 4. The maximum absolute atomic E-state index is 13.0. The molecule has 0 radical (unpaired) electrons. The van der Waals surface area contributed by atoms with Crippen molar-refractivity contribution in [3.8, 4) is 0 Å². The Morgan fingerprint density at radius 1 is 1.00 bits per heavy atom. The summed E-state index contributed by atoms with van der Waals surface area (Å²) in [5.74, 6) is -0.309. The molecular weight excluding hydrogens is 454 g/mol. The largest absolute Gasteiger partial charge is 0.378 e. The number of hydrogen-bond acceptors (Lipinski definition) is 6. The molecular formula is C28H33N5O3. The molecule has 1 aliphatic rings. The second-order valence-electron chi connectivity index (χ2n) is 9.33. The van der Waals surface area contributed by atoms with E-state index in [4.69, 9.17) is 0 Å². The van der Waals surface area contributed by atoms with Gasteiger partial charge in [0.15, 0.2) is 0 Å². The number of nitro benzene ring substituents is 1. The van der Waals surface area contributed by atoms with Gasteiger partial charge in [0.2, 0.25) is 0 Å². The topological polar surface area (TPSA) is 82.0 Å². The highest BCUT2D eigenvalue weighted by atomic mass is 16.6. The minimum atomic E-state index is -0.451. The van der Waals surface area contributed by atoms with Crippen molar-refractivity contribution in [2.75, 3.05) is 56.6 Å². The van der Waals surface area contributed by atoms with Crippen molar-refractivity contribution in [1.29, 1.82) is 0 Å². The average molecular weight is 488 g/mol. The average Bonchev–Trinajstić information content (AvgIpc) is 2.90. The lowest BCUT2D eigenvalue weighted by Crippen LogP contribution is -2.50. The van der Waals surface area contributed by atoms with Crippen molar-refractivity contribution in [2.24, 2.45) is 0 Å². The standard InChI is InChI=1S/C28H33N5O3/c1-21-9-10-23(19-26(21)33(35)36)28(34)29-20-27(22-11-13-24(14-12-22)30(2)3)32-17-15-31(16-18-32)25-7-5-4-6-8-25/h4-14,19,27H,15-18,20H2,1-3H3,(H,29,34). The Balaban J connectivity index is 1.50. The van der Waals surface area contributed by atoms with E-state index in [0.29, 0.717) is 17.7 Å². The van der Waals surface area contributed by atoms with Crippen molar-refractivity contribution >= 4 is 23.0 Å². The molecule has 8 nitrogen and oxygen atoms in total. The Hall–Kier alpha value is -3.91. The van der Waals surface area contributed by atoms with E-state index in [0.717, 1.165) is 37.4 Å². The van der Waals surface area contributed by atoms with Crippen LogP contribution in [-0.2, 0) is 0 Å². The molecule has 3 aromatic carbocycles. The first-order valence-corrected chi connectivity index (χ1v) is 12.2. The third-order valence-electron chi connectivity index (χ3n) is 6.79. The highest BCUT2D eigenvalue weighted by Gasteiger charge is 2.26. The molecule has 1 fully saturated rings. The molecule has 1 atom stereocenters. The zero-order valence-corrected chi connectivity index (χ0v) is 21.1. The van der Waals surface area contributed by atoms with Crippen LogP contribution in [0.2, 0.25) is 0 Å². The molecule has 1 heterocycles. The van der Waals surface area contributed by atoms with Gasteiger partial charge in [-0.1, -0.05) is 36.4 Å². The van der Waals surface area contributed by atoms with E-state index in [1.54, 1.807) is 19.1 Å². The van der Waals surface area contributed by atoms with E-state index in [9.17, 15) is 14.9 Å². The molecule has 0 aromatic heterocycles. The van der Waals surface area contributed by atoms with Crippen LogP contribution in [0.25, 0.3) is 0 Å². The van der Waals surface area contributed by atoms with E-state index in [1.165, 1.54) is 11.8 Å². The number of carbonyl (C=O) groups is 1. The number of anilines is 2. The fourth-order valence-corrected chi connectivity index (χ4v) is 4.62. The van der Waals surface area contributed by atoms with Gasteiger partial charge < -0.3 is 15.1 Å². The van der Waals surface area contributed by atoms with Crippen LogP contribution < -0.4 is 15.1 Å². The van der Waals surface area contributed by atoms with Gasteiger partial charge in [0, 0.05) is 75.4 Å². The number of nitro groups is 1. The van der Waals surface area contributed by atoms with Gasteiger partial charge in [0.1, 0.15) is 0 Å². The summed E-state index contributed by atoms with van der Waals surface area (Å²) in [5, 5.41) is 14.4. The summed E-state index contributed by atoms with van der Waals surface area (Å²) in [6.07, 6.45) is 0. The molecule has 1 amide bonds. The summed E-state index contributed by atoms with van der Waals surface area (Å²) < 4.78 is 0. The fraction of sp³-hybridized carbons (Fsp3) is 0.321. The van der Waals surface area contributed by atoms with Crippen molar-refractivity contribution in [2.45, 2.75) is 13.0 Å². The second-order valence-corrected chi connectivity index (χ2v) is 9.33. The Morgan fingerprint density at radius 3 is 2.28 bits per heavy atom. The van der Waals surface area contributed by atoms with E-state index in [2.05, 4.69) is 68.5 Å². The summed E-state index contributed by atoms with van der Waals surface area (Å²) in [7, 11) is 4.02. The van der Waals surface area contributed by atoms with Crippen molar-refractivity contribution in [3.05, 3.63) is 99.6 Å². The van der Waals surface area contributed by atoms with Gasteiger partial charge in [-0.25, -0.2) is 0 Å². The van der Waals surface area contributed by atoms with Crippen LogP contribution >= 0.6 is 0 Å². The molecule has 4 rings (SSSR count). The number of amides is 1. The third-order valence-corrected chi connectivity index (χ3v) is 6.79. The molecule has 0 bridgehead atoms. The summed E-state index contributed by atoms with van der Waals surface area (Å²) in [4.78, 5) is 30.7. The number of carbonyl (C=O) groups excluding carboxylic acids is 1. The smallest absolute Gasteiger partial charge is 0.273 e. The first-order chi connectivity index (χ1) is 17.3. The maximum Gasteiger partial charge on any atom is 0.273 e. The number of para-hydroxylation sites is 1. The van der Waals surface area contributed by atoms with Crippen LogP contribution in [0.3, 0.4) is 0 Å². The van der Waals surface area contributed by atoms with Gasteiger partial charge in [0.05, 0.1) is 11.0 Å². The van der Waals surface area contributed by atoms with Gasteiger partial charge >= 0.3 is 0 Å². The van der Waals surface area contributed by atoms with Crippen LogP contribution in [0.15, 0.2) is 72.8 Å². The zero-order chi connectivity index (χ0) is 25.7. The SMILES string of the molecule is Cc1ccc(C(=O)NCC(c2ccc(N(C)C)cc2)N2CCN(c3ccccc3)CC2)cc1[N+](=O)[O-]. The number of piperazine rings is 1. The monoisotopic (exact) mass is 487 g/mol. The molecule has 0 saturated carbocycles. The molecule has 1 N–H and O–H groups in total. The van der Waals surface area contributed by atoms with Crippen molar-refractivity contribution in [3.63, 3.8) is 0 Å². The Bertz CT molecular complexity index is 1190. The normalized spacial score (nSPS) is 14.8. The number of rotatable bonds is 8. The molecule has 3 aromatic rings. The molecule has 36 heavy (non-hydrogen) atoms. The van der Waals surface area contributed by atoms with Crippen LogP contribution in [-0.4, -0.2) is 62.5 Å². The summed E-state index contributed by atoms with van der Waals surface area (Å²) in [6.45, 7) is 5.60. The lowest BCUT2D eigenvalue weighted by Gasteiger charge is -2.40. The summed E-state index contributed by atoms with van der Waals surface area (Å²) >= 11 is 0. The minimum Gasteiger partial charge on any atom is -0.378 e. The lowest BCUT2D eigenvalue weighted by molar-refractivity contribution is -0.385. The van der Waals surface area contributed by atoms with E-state index in [1.807, 2.05) is 20.2 Å². The van der Waals surface area contributed by atoms with Gasteiger partial charge in [-0.3, -0.25) is 19.8 Å². The molecule has 188 valence electrons. The molecule has 8 heteroatoms. The third kappa shape index (κ3) is 5.83. The molecule has 1 saturated heterocycles. The number of benzene rings is 3. The summed E-state index contributed by atoms with van der Waals surface area (Å²) in [6, 6.07) is 23.4. The highest BCUT2D eigenvalue weighted by molar-refractivity contribution is 5.95. The first kappa shape index (κ1) is 25.2. The lowest BCUT2D eigenvalue weighted by atomic mass is 10.0. The van der Waals surface area contributed by atoms with E-state index < -0.39 is 4.92 Å². The van der Waals surface area contributed by atoms with E-state index >= 15 is 0 Å². The van der Waals surface area contributed by atoms with Crippen LogP contribution in [0, 0.1) is 17.0 Å². The zero-order valence-electron chi connectivity index (χ0n) is 21.1. The predicted octanol–water partition coefficient (Wildman–Crippen LogP) is 4.26. The Kier molecular flexibility index (Phi) is 7.85. The number of aryl methyl sites for hydroxylation is 1.